The van der Waals surface area contributed by atoms with Crippen LogP contribution in [0.1, 0.15) is 58.9 Å². The van der Waals surface area contributed by atoms with Crippen molar-refractivity contribution in [2.45, 2.75) is 59.8 Å². The molecule has 0 atom stereocenters. The summed E-state index contributed by atoms with van der Waals surface area (Å²) in [6, 6.07) is 6.20. The van der Waals surface area contributed by atoms with Crippen LogP contribution in [0.4, 0.5) is 0 Å². The standard InChI is InChI=1S/C22H32O2/c1-17(2)15-19(4)8-5-7-18(3)12-14-23-21-11-10-20-9-6-13-24-22(20)16-21/h8,10-12,16-17H,5-7,9,13-15H2,1-4H3. The molecule has 132 valence electrons. The smallest absolute Gasteiger partial charge is 0.126 e. The number of fused-ring (bicyclic) bond motifs is 1. The average molecular weight is 328 g/mol. The van der Waals surface area contributed by atoms with Gasteiger partial charge in [-0.15, -0.1) is 0 Å². The highest BCUT2D eigenvalue weighted by atomic mass is 16.5. The third-order valence-electron chi connectivity index (χ3n) is 4.33. The quantitative estimate of drug-likeness (QED) is 0.536. The van der Waals surface area contributed by atoms with E-state index in [4.69, 9.17) is 9.47 Å². The minimum Gasteiger partial charge on any atom is -0.493 e. The van der Waals surface area contributed by atoms with Crippen molar-refractivity contribution in [1.29, 1.82) is 0 Å². The van der Waals surface area contributed by atoms with Gasteiger partial charge in [0.1, 0.15) is 18.1 Å². The van der Waals surface area contributed by atoms with E-state index in [1.807, 2.05) is 6.07 Å². The van der Waals surface area contributed by atoms with E-state index in [-0.39, 0.29) is 0 Å². The fourth-order valence-corrected chi connectivity index (χ4v) is 3.07. The SMILES string of the molecule is CC(=CCOc1ccc2c(c1)OCCC2)CCC=C(C)CC(C)C. The highest BCUT2D eigenvalue weighted by molar-refractivity contribution is 5.41. The van der Waals surface area contributed by atoms with Crippen LogP contribution in [0.3, 0.4) is 0 Å². The lowest BCUT2D eigenvalue weighted by atomic mass is 10.0. The second-order valence-electron chi connectivity index (χ2n) is 7.27. The molecule has 0 radical (unpaired) electrons. The minimum absolute atomic E-state index is 0.624. The molecular formula is C22H32O2. The summed E-state index contributed by atoms with van der Waals surface area (Å²) in [6.45, 7) is 10.4. The number of benzene rings is 1. The summed E-state index contributed by atoms with van der Waals surface area (Å²) in [5, 5.41) is 0. The molecule has 0 bridgehead atoms. The highest BCUT2D eigenvalue weighted by Gasteiger charge is 2.10. The minimum atomic E-state index is 0.624. The van der Waals surface area contributed by atoms with E-state index in [9.17, 15) is 0 Å². The Hall–Kier alpha value is -1.70. The van der Waals surface area contributed by atoms with Gasteiger partial charge in [-0.3, -0.25) is 0 Å². The molecule has 1 aromatic carbocycles. The van der Waals surface area contributed by atoms with Crippen molar-refractivity contribution in [3.8, 4) is 11.5 Å². The van der Waals surface area contributed by atoms with Crippen LogP contribution in [0.2, 0.25) is 0 Å². The van der Waals surface area contributed by atoms with Crippen LogP contribution in [-0.2, 0) is 6.42 Å². The molecule has 0 aromatic heterocycles. The van der Waals surface area contributed by atoms with Crippen molar-refractivity contribution in [2.75, 3.05) is 13.2 Å². The van der Waals surface area contributed by atoms with E-state index in [1.165, 1.54) is 23.1 Å². The fourth-order valence-electron chi connectivity index (χ4n) is 3.07. The maximum atomic E-state index is 5.85. The topological polar surface area (TPSA) is 18.5 Å². The molecule has 0 saturated heterocycles. The van der Waals surface area contributed by atoms with Crippen molar-refractivity contribution < 1.29 is 9.47 Å². The van der Waals surface area contributed by atoms with E-state index in [1.54, 1.807) is 0 Å². The monoisotopic (exact) mass is 328 g/mol. The predicted octanol–water partition coefficient (Wildman–Crippen LogP) is 6.11. The van der Waals surface area contributed by atoms with Gasteiger partial charge in [0.05, 0.1) is 6.61 Å². The normalized spacial score (nSPS) is 15.2. The van der Waals surface area contributed by atoms with Crippen LogP contribution in [0, 0.1) is 5.92 Å². The Bertz CT molecular complexity index is 582. The second kappa shape index (κ2) is 9.56. The van der Waals surface area contributed by atoms with Gasteiger partial charge < -0.3 is 9.47 Å². The average Bonchev–Trinajstić information content (AvgIpc) is 2.54. The number of hydrogen-bond donors (Lipinski definition) is 0. The van der Waals surface area contributed by atoms with Crippen LogP contribution in [0.15, 0.2) is 41.5 Å². The van der Waals surface area contributed by atoms with Gasteiger partial charge in [0.25, 0.3) is 0 Å². The summed E-state index contributed by atoms with van der Waals surface area (Å²) in [4.78, 5) is 0. The zero-order valence-electron chi connectivity index (χ0n) is 15.7. The van der Waals surface area contributed by atoms with E-state index in [2.05, 4.69) is 52.0 Å². The first-order valence-corrected chi connectivity index (χ1v) is 9.24. The van der Waals surface area contributed by atoms with Gasteiger partial charge >= 0.3 is 0 Å². The Morgan fingerprint density at radius 1 is 1.21 bits per heavy atom. The number of aryl methyl sites for hydroxylation is 1. The number of hydrogen-bond acceptors (Lipinski definition) is 2. The maximum Gasteiger partial charge on any atom is 0.126 e. The Labute approximate surface area is 147 Å². The molecule has 24 heavy (non-hydrogen) atoms. The Morgan fingerprint density at radius 3 is 2.83 bits per heavy atom. The molecule has 1 aliphatic heterocycles. The molecule has 0 unspecified atom stereocenters. The van der Waals surface area contributed by atoms with Gasteiger partial charge in [0.15, 0.2) is 0 Å². The Morgan fingerprint density at radius 2 is 2.04 bits per heavy atom. The second-order valence-corrected chi connectivity index (χ2v) is 7.27. The largest absolute Gasteiger partial charge is 0.493 e. The molecule has 1 aliphatic rings. The Kier molecular flexibility index (Phi) is 7.42. The third-order valence-corrected chi connectivity index (χ3v) is 4.33. The summed E-state index contributed by atoms with van der Waals surface area (Å²) in [7, 11) is 0. The molecule has 0 aliphatic carbocycles. The third kappa shape index (κ3) is 6.43. The molecule has 0 amide bonds. The van der Waals surface area contributed by atoms with Crippen LogP contribution >= 0.6 is 0 Å². The van der Waals surface area contributed by atoms with E-state index < -0.39 is 0 Å². The molecule has 0 fully saturated rings. The summed E-state index contributed by atoms with van der Waals surface area (Å²) in [6.07, 6.45) is 10.2. The zero-order valence-corrected chi connectivity index (χ0v) is 15.7. The molecular weight excluding hydrogens is 296 g/mol. The molecule has 1 heterocycles. The lowest BCUT2D eigenvalue weighted by molar-refractivity contribution is 0.284. The molecule has 2 nitrogen and oxygen atoms in total. The zero-order chi connectivity index (χ0) is 17.4. The van der Waals surface area contributed by atoms with Crippen molar-refractivity contribution in [3.63, 3.8) is 0 Å². The molecule has 0 spiro atoms. The van der Waals surface area contributed by atoms with E-state index in [0.717, 1.165) is 49.7 Å². The first kappa shape index (κ1) is 18.6. The summed E-state index contributed by atoms with van der Waals surface area (Å²) >= 11 is 0. The lowest BCUT2D eigenvalue weighted by Crippen LogP contribution is -2.08. The number of ether oxygens (including phenoxy) is 2. The van der Waals surface area contributed by atoms with Gasteiger partial charge in [-0.1, -0.05) is 37.1 Å². The first-order chi connectivity index (χ1) is 11.5. The highest BCUT2D eigenvalue weighted by Crippen LogP contribution is 2.29. The van der Waals surface area contributed by atoms with Crippen LogP contribution in [0.25, 0.3) is 0 Å². The van der Waals surface area contributed by atoms with E-state index in [0.29, 0.717) is 6.61 Å². The number of allylic oxidation sites excluding steroid dienone is 3. The van der Waals surface area contributed by atoms with Crippen LogP contribution < -0.4 is 9.47 Å². The van der Waals surface area contributed by atoms with E-state index >= 15 is 0 Å². The molecule has 0 saturated carbocycles. The summed E-state index contributed by atoms with van der Waals surface area (Å²) in [5.74, 6) is 2.63. The maximum absolute atomic E-state index is 5.85. The Balaban J connectivity index is 1.75. The molecule has 2 rings (SSSR count). The van der Waals surface area contributed by atoms with Crippen molar-refractivity contribution >= 4 is 0 Å². The molecule has 1 aromatic rings. The summed E-state index contributed by atoms with van der Waals surface area (Å²) < 4.78 is 11.5. The fraction of sp³-hybridized carbons (Fsp3) is 0.545. The van der Waals surface area contributed by atoms with Crippen molar-refractivity contribution in [2.24, 2.45) is 5.92 Å². The predicted molar refractivity (Wildman–Crippen MR) is 102 cm³/mol. The van der Waals surface area contributed by atoms with Gasteiger partial charge in [-0.2, -0.15) is 0 Å². The van der Waals surface area contributed by atoms with Crippen molar-refractivity contribution in [1.82, 2.24) is 0 Å². The lowest BCUT2D eigenvalue weighted by Gasteiger charge is -2.17. The van der Waals surface area contributed by atoms with Crippen LogP contribution in [-0.4, -0.2) is 13.2 Å². The van der Waals surface area contributed by atoms with Gasteiger partial charge in [0.2, 0.25) is 0 Å². The first-order valence-electron chi connectivity index (χ1n) is 9.24. The van der Waals surface area contributed by atoms with Crippen LogP contribution in [0.5, 0.6) is 11.5 Å². The van der Waals surface area contributed by atoms with Gasteiger partial charge in [-0.05, 0) is 69.6 Å². The summed E-state index contributed by atoms with van der Waals surface area (Å²) in [5.41, 5.74) is 4.18. The molecule has 0 N–H and O–H groups in total. The van der Waals surface area contributed by atoms with Crippen molar-refractivity contribution in [3.05, 3.63) is 47.1 Å². The number of rotatable bonds is 8. The molecule has 2 heteroatoms. The van der Waals surface area contributed by atoms with Gasteiger partial charge in [-0.25, -0.2) is 0 Å². The van der Waals surface area contributed by atoms with Gasteiger partial charge in [0, 0.05) is 6.07 Å².